The van der Waals surface area contributed by atoms with Crippen molar-refractivity contribution in [1.82, 2.24) is 29.7 Å². The maximum absolute atomic E-state index is 14.6. The number of esters is 1. The number of ether oxygens (including phenoxy) is 5. The van der Waals surface area contributed by atoms with Crippen LogP contribution in [0.2, 0.25) is 10.0 Å². The van der Waals surface area contributed by atoms with Crippen molar-refractivity contribution in [1.29, 1.82) is 0 Å². The molecule has 4 fully saturated rings. The molecule has 3 saturated heterocycles. The Hall–Kier alpha value is -5.32. The second-order valence-electron chi connectivity index (χ2n) is 19.8. The van der Waals surface area contributed by atoms with Crippen LogP contribution >= 0.6 is 34.5 Å². The summed E-state index contributed by atoms with van der Waals surface area (Å²) in [6.07, 6.45) is 4.02. The van der Waals surface area contributed by atoms with Crippen LogP contribution in [0.5, 0.6) is 23.1 Å². The van der Waals surface area contributed by atoms with E-state index in [4.69, 9.17) is 61.8 Å². The predicted octanol–water partition coefficient (Wildman–Crippen LogP) is 10.0. The predicted molar refractivity (Wildman–Crippen MR) is 267 cm³/mol. The van der Waals surface area contributed by atoms with Gasteiger partial charge in [0, 0.05) is 74.4 Å². The van der Waals surface area contributed by atoms with Gasteiger partial charge in [0.05, 0.1) is 21.1 Å². The van der Waals surface area contributed by atoms with Crippen LogP contribution in [0.3, 0.4) is 0 Å². The van der Waals surface area contributed by atoms with E-state index >= 15 is 0 Å². The summed E-state index contributed by atoms with van der Waals surface area (Å²) in [6, 6.07) is 13.7. The summed E-state index contributed by atoms with van der Waals surface area (Å²) < 4.78 is 47.6. The summed E-state index contributed by atoms with van der Waals surface area (Å²) in [5.74, 6) is 2.64. The Morgan fingerprint density at radius 2 is 1.64 bits per heavy atom. The van der Waals surface area contributed by atoms with Crippen LogP contribution < -0.4 is 23.8 Å². The number of benzene rings is 3. The largest absolute Gasteiger partial charge is 0.490 e. The minimum absolute atomic E-state index is 0.00799. The molecule has 3 aromatic heterocycles. The molecule has 1 aliphatic carbocycles. The van der Waals surface area contributed by atoms with E-state index in [9.17, 15) is 9.18 Å². The summed E-state index contributed by atoms with van der Waals surface area (Å²) in [5, 5.41) is 1.19. The van der Waals surface area contributed by atoms with Gasteiger partial charge in [-0.25, -0.2) is 29.1 Å². The lowest BCUT2D eigenvalue weighted by Crippen LogP contribution is -2.49. The Morgan fingerprint density at radius 1 is 0.913 bits per heavy atom. The van der Waals surface area contributed by atoms with Gasteiger partial charge in [0.1, 0.15) is 53.4 Å². The van der Waals surface area contributed by atoms with E-state index in [1.54, 1.807) is 18.3 Å². The number of piperazine rings is 1. The Morgan fingerprint density at radius 3 is 2.35 bits per heavy atom. The molecule has 6 aliphatic rings. The minimum Gasteiger partial charge on any atom is -0.490 e. The van der Waals surface area contributed by atoms with E-state index in [2.05, 4.69) is 26.7 Å². The van der Waals surface area contributed by atoms with E-state index < -0.39 is 23.8 Å². The van der Waals surface area contributed by atoms with Gasteiger partial charge in [0.2, 0.25) is 17.9 Å². The molecule has 1 saturated carbocycles. The Bertz CT molecular complexity index is 2850. The monoisotopic (exact) mass is 995 g/mol. The highest BCUT2D eigenvalue weighted by Gasteiger charge is 2.38. The van der Waals surface area contributed by atoms with Crippen molar-refractivity contribution in [3.63, 3.8) is 0 Å². The van der Waals surface area contributed by atoms with E-state index in [0.717, 1.165) is 55.4 Å². The van der Waals surface area contributed by atoms with Crippen molar-refractivity contribution in [2.75, 3.05) is 64.4 Å². The summed E-state index contributed by atoms with van der Waals surface area (Å²) in [5.41, 5.74) is 3.98. The lowest BCUT2D eigenvalue weighted by Gasteiger charge is -2.47. The average Bonchev–Trinajstić information content (AvgIpc) is 3.71. The normalized spacial score (nSPS) is 20.9. The zero-order valence-electron chi connectivity index (χ0n) is 39.7. The molecule has 0 amide bonds. The first kappa shape index (κ1) is 47.4. The van der Waals surface area contributed by atoms with Gasteiger partial charge >= 0.3 is 5.97 Å². The number of carbonyl (C=O) groups excluding carboxylic acids is 1. The fraction of sp³-hybridized carbons (Fsp3) is 0.442. The first-order valence-corrected chi connectivity index (χ1v) is 25.2. The van der Waals surface area contributed by atoms with Crippen LogP contribution in [0.25, 0.3) is 31.8 Å². The molecular formula is C52H56Cl2FN7O6S. The van der Waals surface area contributed by atoms with Crippen molar-refractivity contribution in [2.45, 2.75) is 78.3 Å². The molecule has 0 N–H and O–H groups in total. The quantitative estimate of drug-likeness (QED) is 0.135. The van der Waals surface area contributed by atoms with Crippen LogP contribution in [0.15, 0.2) is 61.1 Å². The molecule has 17 heteroatoms. The van der Waals surface area contributed by atoms with Gasteiger partial charge in [0.25, 0.3) is 0 Å². The number of likely N-dealkylation sites (N-methyl/N-ethyl adjacent to an activating group) is 1. The highest BCUT2D eigenvalue weighted by Crippen LogP contribution is 2.53. The molecule has 5 aliphatic heterocycles. The third-order valence-corrected chi connectivity index (χ3v) is 15.5. The second-order valence-corrected chi connectivity index (χ2v) is 21.5. The molecule has 0 unspecified atom stereocenters. The van der Waals surface area contributed by atoms with Crippen molar-refractivity contribution < 1.29 is 32.9 Å². The molecule has 6 aromatic rings. The topological polar surface area (TPSA) is 124 Å². The zero-order chi connectivity index (χ0) is 48.1. The summed E-state index contributed by atoms with van der Waals surface area (Å²) in [6.45, 7) is 15.6. The fourth-order valence-corrected chi connectivity index (χ4v) is 11.5. The molecule has 69 heavy (non-hydrogen) atoms. The number of hydrogen-bond acceptors (Lipinski definition) is 14. The summed E-state index contributed by atoms with van der Waals surface area (Å²) in [4.78, 5) is 41.8. The smallest absolute Gasteiger partial charge is 0.348 e. The molecule has 6 bridgehead atoms. The number of hydrogen-bond donors (Lipinski definition) is 0. The lowest BCUT2D eigenvalue weighted by molar-refractivity contribution is -0.163. The van der Waals surface area contributed by atoms with Crippen molar-refractivity contribution in [3.8, 4) is 44.7 Å². The second kappa shape index (κ2) is 19.5. The van der Waals surface area contributed by atoms with E-state index in [1.165, 1.54) is 42.6 Å². The molecule has 3 aromatic carbocycles. The van der Waals surface area contributed by atoms with Gasteiger partial charge in [-0.15, -0.1) is 11.3 Å². The molecule has 12 rings (SSSR count). The summed E-state index contributed by atoms with van der Waals surface area (Å²) in [7, 11) is 2.12. The number of rotatable bonds is 8. The van der Waals surface area contributed by atoms with Crippen molar-refractivity contribution in [3.05, 3.63) is 99.3 Å². The van der Waals surface area contributed by atoms with Gasteiger partial charge in [-0.3, -0.25) is 4.90 Å². The van der Waals surface area contributed by atoms with Gasteiger partial charge in [0.15, 0.2) is 5.75 Å². The number of aromatic nitrogens is 4. The molecule has 8 heterocycles. The van der Waals surface area contributed by atoms with E-state index in [-0.39, 0.29) is 31.3 Å². The number of thiophene rings is 1. The molecule has 13 nitrogen and oxygen atoms in total. The first-order chi connectivity index (χ1) is 33.1. The summed E-state index contributed by atoms with van der Waals surface area (Å²) >= 11 is 16.2. The lowest BCUT2D eigenvalue weighted by atomic mass is 9.71. The van der Waals surface area contributed by atoms with Crippen molar-refractivity contribution >= 4 is 56.7 Å². The number of piperidine rings is 2. The van der Waals surface area contributed by atoms with Gasteiger partial charge in [-0.1, -0.05) is 35.3 Å². The maximum atomic E-state index is 14.6. The maximum Gasteiger partial charge on any atom is 0.348 e. The SMILES string of the molecule is Cc1c(Cl)c2c(Cl)c(C)c1-c1c(-c3ccc(F)cc3)sc3ncnc(c13)O[C@@H](C(=O)OC(C)(C)C)Cc1cc(ccc1OCc1ccnc(N3CC4CC(C4)C3)n1)OC[C@@H](CN1CCN(C)CC1)O2. The average molecular weight is 997 g/mol. The van der Waals surface area contributed by atoms with Crippen LogP contribution in [-0.2, 0) is 22.6 Å². The van der Waals surface area contributed by atoms with Gasteiger partial charge in [-0.05, 0) is 125 Å². The van der Waals surface area contributed by atoms with Crippen LogP contribution in [0.4, 0.5) is 10.3 Å². The van der Waals surface area contributed by atoms with Crippen molar-refractivity contribution in [2.24, 2.45) is 11.8 Å². The molecular weight excluding hydrogens is 941 g/mol. The number of anilines is 1. The third kappa shape index (κ3) is 10.2. The zero-order valence-corrected chi connectivity index (χ0v) is 42.0. The Balaban J connectivity index is 1.10. The van der Waals surface area contributed by atoms with Gasteiger partial charge < -0.3 is 33.5 Å². The number of nitrogens with zero attached hydrogens (tertiary/aromatic N) is 7. The number of halogens is 3. The Labute approximate surface area is 415 Å². The highest BCUT2D eigenvalue weighted by atomic mass is 35.5. The highest BCUT2D eigenvalue weighted by molar-refractivity contribution is 7.22. The minimum atomic E-state index is -1.24. The first-order valence-electron chi connectivity index (χ1n) is 23.6. The molecule has 2 atom stereocenters. The van der Waals surface area contributed by atoms with Crippen LogP contribution in [0, 0.1) is 31.5 Å². The molecule has 0 spiro atoms. The standard InChI is InChI=1S/C52H56Cl2FN7O6S/c1-29-41-30(2)45(54)46(44(29)53)66-38(25-61-17-15-60(6)16-18-61)27-64-37-11-12-39(65-26-36-13-14-56-51(59-36)62-23-31-19-32(20-31)24-62)34(21-37)22-40(50(63)68-52(3,4)5)67-48-43-42(41)47(69-49(43)58-28-57-48)33-7-9-35(55)10-8-33/h7-14,21,28,31-32,38,40H,15-20,22-27H2,1-6H3/t31?,32?,38-,40-/m1/s1. The van der Waals surface area contributed by atoms with Crippen LogP contribution in [-0.4, -0.2) is 113 Å². The fourth-order valence-electron chi connectivity index (χ4n) is 9.88. The van der Waals surface area contributed by atoms with E-state index in [0.29, 0.717) is 89.7 Å². The number of fused-ring (bicyclic) bond motifs is 9. The molecule has 362 valence electrons. The van der Waals surface area contributed by atoms with Crippen LogP contribution in [0.1, 0.15) is 56.0 Å². The molecule has 0 radical (unpaired) electrons. The van der Waals surface area contributed by atoms with Gasteiger partial charge in [-0.2, -0.15) is 0 Å². The number of carbonyl (C=O) groups is 1. The third-order valence-electron chi connectivity index (χ3n) is 13.4. The van der Waals surface area contributed by atoms with E-state index in [1.807, 2.05) is 58.9 Å². The Kier molecular flexibility index (Phi) is 13.4.